The summed E-state index contributed by atoms with van der Waals surface area (Å²) >= 11 is 6.55. The molecule has 0 amide bonds. The van der Waals surface area contributed by atoms with Crippen molar-refractivity contribution < 1.29 is 9.90 Å². The van der Waals surface area contributed by atoms with E-state index in [2.05, 4.69) is 31.9 Å². The molecule has 2 aromatic carbocycles. The number of ketones is 1. The molecule has 0 atom stereocenters. The van der Waals surface area contributed by atoms with Crippen molar-refractivity contribution in [2.45, 2.75) is 12.8 Å². The summed E-state index contributed by atoms with van der Waals surface area (Å²) in [4.78, 5) is 12.1. The second kappa shape index (κ2) is 6.35. The summed E-state index contributed by atoms with van der Waals surface area (Å²) in [6.07, 6.45) is 1.05. The highest BCUT2D eigenvalue weighted by Gasteiger charge is 2.14. The first kappa shape index (κ1) is 14.3. The third-order valence-corrected chi connectivity index (χ3v) is 3.87. The van der Waals surface area contributed by atoms with Crippen LogP contribution in [0.5, 0.6) is 5.75 Å². The van der Waals surface area contributed by atoms with Crippen molar-refractivity contribution in [3.8, 4) is 5.75 Å². The Morgan fingerprint density at radius 3 is 2.47 bits per heavy atom. The minimum Gasteiger partial charge on any atom is -0.506 e. The summed E-state index contributed by atoms with van der Waals surface area (Å²) in [5, 5.41) is 9.90. The fourth-order valence-electron chi connectivity index (χ4n) is 1.82. The number of phenols is 1. The number of aromatic hydroxyl groups is 1. The molecule has 98 valence electrons. The summed E-state index contributed by atoms with van der Waals surface area (Å²) in [6, 6.07) is 13.2. The van der Waals surface area contributed by atoms with Crippen molar-refractivity contribution in [3.05, 3.63) is 62.5 Å². The first-order chi connectivity index (χ1) is 9.08. The van der Waals surface area contributed by atoms with E-state index >= 15 is 0 Å². The molecule has 1 N–H and O–H groups in total. The predicted octanol–water partition coefficient (Wildman–Crippen LogP) is 4.73. The molecule has 0 aliphatic rings. The van der Waals surface area contributed by atoms with Crippen LogP contribution in [0.4, 0.5) is 0 Å². The number of halogens is 2. The van der Waals surface area contributed by atoms with Gasteiger partial charge in [0.2, 0.25) is 0 Å². The monoisotopic (exact) mass is 382 g/mol. The third-order valence-electron chi connectivity index (χ3n) is 2.81. The molecule has 0 unspecified atom stereocenters. The lowest BCUT2D eigenvalue weighted by Gasteiger charge is -2.07. The van der Waals surface area contributed by atoms with Gasteiger partial charge in [-0.1, -0.05) is 46.3 Å². The van der Waals surface area contributed by atoms with Gasteiger partial charge in [0, 0.05) is 10.9 Å². The number of hydrogen-bond donors (Lipinski definition) is 1. The smallest absolute Gasteiger partial charge is 0.167 e. The molecule has 0 saturated heterocycles. The van der Waals surface area contributed by atoms with Crippen molar-refractivity contribution in [2.75, 3.05) is 0 Å². The third kappa shape index (κ3) is 3.67. The van der Waals surface area contributed by atoms with Gasteiger partial charge in [-0.05, 0) is 40.0 Å². The van der Waals surface area contributed by atoms with Crippen molar-refractivity contribution in [3.63, 3.8) is 0 Å². The number of Topliss-reactive ketones (excluding diaryl/α,β-unsaturated/α-hetero) is 1. The Bertz CT molecular complexity index is 595. The molecule has 0 saturated carbocycles. The molecule has 4 heteroatoms. The maximum atomic E-state index is 12.1. The fourth-order valence-corrected chi connectivity index (χ4v) is 3.04. The van der Waals surface area contributed by atoms with Crippen molar-refractivity contribution >= 4 is 37.6 Å². The summed E-state index contributed by atoms with van der Waals surface area (Å²) < 4.78 is 1.28. The molecule has 2 nitrogen and oxygen atoms in total. The fraction of sp³-hybridized carbons (Fsp3) is 0.133. The first-order valence-electron chi connectivity index (χ1n) is 5.83. The SMILES string of the molecule is O=C(CCc1ccccc1)c1cc(Br)cc(Br)c1O. The highest BCUT2D eigenvalue weighted by Crippen LogP contribution is 2.32. The van der Waals surface area contributed by atoms with Gasteiger partial charge in [0.05, 0.1) is 10.0 Å². The van der Waals surface area contributed by atoms with E-state index < -0.39 is 0 Å². The lowest BCUT2D eigenvalue weighted by atomic mass is 10.0. The van der Waals surface area contributed by atoms with Crippen LogP contribution in [-0.4, -0.2) is 10.9 Å². The number of hydrogen-bond acceptors (Lipinski definition) is 2. The molecule has 0 heterocycles. The Morgan fingerprint density at radius 2 is 1.79 bits per heavy atom. The van der Waals surface area contributed by atoms with Gasteiger partial charge >= 0.3 is 0 Å². The predicted molar refractivity (Wildman–Crippen MR) is 82.6 cm³/mol. The van der Waals surface area contributed by atoms with Gasteiger partial charge < -0.3 is 5.11 Å². The van der Waals surface area contributed by atoms with Crippen molar-refractivity contribution in [1.29, 1.82) is 0 Å². The molecule has 0 bridgehead atoms. The van der Waals surface area contributed by atoms with Gasteiger partial charge in [-0.3, -0.25) is 4.79 Å². The van der Waals surface area contributed by atoms with Crippen LogP contribution in [-0.2, 0) is 6.42 Å². The lowest BCUT2D eigenvalue weighted by Crippen LogP contribution is -2.02. The Hall–Kier alpha value is -1.13. The molecular weight excluding hydrogens is 372 g/mol. The number of carbonyl (C=O) groups excluding carboxylic acids is 1. The lowest BCUT2D eigenvalue weighted by molar-refractivity contribution is 0.0980. The quantitative estimate of drug-likeness (QED) is 0.774. The number of phenolic OH excluding ortho intramolecular Hbond substituents is 1. The van der Waals surface area contributed by atoms with Crippen LogP contribution in [0.15, 0.2) is 51.4 Å². The maximum Gasteiger partial charge on any atom is 0.167 e. The minimum absolute atomic E-state index is 0.00117. The van der Waals surface area contributed by atoms with E-state index in [0.717, 1.165) is 10.0 Å². The van der Waals surface area contributed by atoms with Crippen LogP contribution < -0.4 is 0 Å². The molecule has 0 spiro atoms. The van der Waals surface area contributed by atoms with Crippen molar-refractivity contribution in [1.82, 2.24) is 0 Å². The van der Waals surface area contributed by atoms with Gasteiger partial charge in [-0.15, -0.1) is 0 Å². The van der Waals surface area contributed by atoms with Crippen LogP contribution in [0, 0.1) is 0 Å². The van der Waals surface area contributed by atoms with Crippen LogP contribution >= 0.6 is 31.9 Å². The van der Waals surface area contributed by atoms with Gasteiger partial charge in [-0.2, -0.15) is 0 Å². The van der Waals surface area contributed by atoms with Crippen LogP contribution in [0.25, 0.3) is 0 Å². The summed E-state index contributed by atoms with van der Waals surface area (Å²) in [7, 11) is 0. The molecule has 0 fully saturated rings. The van der Waals surface area contributed by atoms with E-state index in [9.17, 15) is 9.90 Å². The average molecular weight is 384 g/mol. The minimum atomic E-state index is -0.0663. The van der Waals surface area contributed by atoms with E-state index in [1.54, 1.807) is 12.1 Å². The largest absolute Gasteiger partial charge is 0.506 e. The standard InChI is InChI=1S/C15H12Br2O2/c16-11-8-12(15(19)13(17)9-11)14(18)7-6-10-4-2-1-3-5-10/h1-5,8-9,19H,6-7H2. The average Bonchev–Trinajstić information content (AvgIpc) is 2.41. The number of aryl methyl sites for hydroxylation is 1. The van der Waals surface area contributed by atoms with E-state index in [1.807, 2.05) is 30.3 Å². The van der Waals surface area contributed by atoms with Crippen LogP contribution in [0.3, 0.4) is 0 Å². The van der Waals surface area contributed by atoms with Crippen molar-refractivity contribution in [2.24, 2.45) is 0 Å². The van der Waals surface area contributed by atoms with Gasteiger partial charge in [-0.25, -0.2) is 0 Å². The zero-order valence-electron chi connectivity index (χ0n) is 10.1. The Kier molecular flexibility index (Phi) is 4.77. The van der Waals surface area contributed by atoms with Crippen LogP contribution in [0.2, 0.25) is 0 Å². The van der Waals surface area contributed by atoms with Gasteiger partial charge in [0.15, 0.2) is 5.78 Å². The van der Waals surface area contributed by atoms with E-state index in [0.29, 0.717) is 22.9 Å². The number of benzene rings is 2. The molecular formula is C15H12Br2O2. The second-order valence-corrected chi connectivity index (χ2v) is 5.96. The van der Waals surface area contributed by atoms with Gasteiger partial charge in [0.25, 0.3) is 0 Å². The molecule has 2 rings (SSSR count). The number of rotatable bonds is 4. The molecule has 19 heavy (non-hydrogen) atoms. The Balaban J connectivity index is 2.13. The summed E-state index contributed by atoms with van der Waals surface area (Å²) in [5.74, 6) is -0.0652. The molecule has 0 aromatic heterocycles. The summed E-state index contributed by atoms with van der Waals surface area (Å²) in [5.41, 5.74) is 1.46. The zero-order valence-corrected chi connectivity index (χ0v) is 13.2. The second-order valence-electron chi connectivity index (χ2n) is 4.19. The topological polar surface area (TPSA) is 37.3 Å². The molecule has 0 aliphatic carbocycles. The first-order valence-corrected chi connectivity index (χ1v) is 7.41. The van der Waals surface area contributed by atoms with E-state index in [-0.39, 0.29) is 11.5 Å². The summed E-state index contributed by atoms with van der Waals surface area (Å²) in [6.45, 7) is 0. The van der Waals surface area contributed by atoms with E-state index in [4.69, 9.17) is 0 Å². The molecule has 2 aromatic rings. The van der Waals surface area contributed by atoms with Gasteiger partial charge in [0.1, 0.15) is 5.75 Å². The highest BCUT2D eigenvalue weighted by atomic mass is 79.9. The molecule has 0 aliphatic heterocycles. The number of carbonyl (C=O) groups is 1. The Labute approximate surface area is 128 Å². The molecule has 0 radical (unpaired) electrons. The Morgan fingerprint density at radius 1 is 1.11 bits per heavy atom. The van der Waals surface area contributed by atoms with E-state index in [1.165, 1.54) is 0 Å². The highest BCUT2D eigenvalue weighted by molar-refractivity contribution is 9.11. The normalized spacial score (nSPS) is 10.4. The zero-order chi connectivity index (χ0) is 13.8. The van der Waals surface area contributed by atoms with Crippen LogP contribution in [0.1, 0.15) is 22.3 Å². The maximum absolute atomic E-state index is 12.1.